The molecule has 0 bridgehead atoms. The minimum absolute atomic E-state index is 0. The number of aryl methyl sites for hydroxylation is 1. The van der Waals surface area contributed by atoms with Gasteiger partial charge in [-0.1, -0.05) is 54.1 Å². The third-order valence-corrected chi connectivity index (χ3v) is 5.95. The number of hydrogen-bond donors (Lipinski definition) is 2. The number of nitrogens with one attached hydrogen (secondary N) is 2. The minimum atomic E-state index is -3.38. The number of hydrogen-bond acceptors (Lipinski definition) is 3. The molecule has 0 aliphatic heterocycles. The van der Waals surface area contributed by atoms with Crippen LogP contribution in [0.1, 0.15) is 36.1 Å². The van der Waals surface area contributed by atoms with Gasteiger partial charge >= 0.3 is 0 Å². The van der Waals surface area contributed by atoms with Gasteiger partial charge in [0.2, 0.25) is 10.0 Å². The number of aliphatic imine (C=N–C) groups is 1. The molecule has 0 saturated heterocycles. The predicted octanol–water partition coefficient (Wildman–Crippen LogP) is 3.65. The van der Waals surface area contributed by atoms with Crippen molar-refractivity contribution >= 4 is 40.0 Å². The molecule has 6 nitrogen and oxygen atoms in total. The highest BCUT2D eigenvalue weighted by Gasteiger charge is 2.16. The van der Waals surface area contributed by atoms with Gasteiger partial charge in [0.05, 0.1) is 5.75 Å². The molecule has 0 unspecified atom stereocenters. The molecule has 2 aromatic rings. The van der Waals surface area contributed by atoms with Crippen molar-refractivity contribution in [3.63, 3.8) is 0 Å². The molecule has 0 fully saturated rings. The molecule has 0 aliphatic rings. The Morgan fingerprint density at radius 1 is 1.07 bits per heavy atom. The quantitative estimate of drug-likeness (QED) is 0.303. The van der Waals surface area contributed by atoms with Crippen molar-refractivity contribution in [3.05, 3.63) is 70.8 Å². The highest BCUT2D eigenvalue weighted by atomic mass is 127. The Morgan fingerprint density at radius 2 is 1.67 bits per heavy atom. The molecule has 0 radical (unpaired) electrons. The van der Waals surface area contributed by atoms with Crippen LogP contribution in [0.3, 0.4) is 0 Å². The van der Waals surface area contributed by atoms with Gasteiger partial charge < -0.3 is 10.2 Å². The summed E-state index contributed by atoms with van der Waals surface area (Å²) in [6.45, 7) is 6.94. The van der Waals surface area contributed by atoms with Crippen LogP contribution in [-0.4, -0.2) is 39.4 Å². The Morgan fingerprint density at radius 3 is 2.23 bits per heavy atom. The second-order valence-electron chi connectivity index (χ2n) is 7.54. The first-order valence-corrected chi connectivity index (χ1v) is 11.4. The SMILES string of the molecule is CN=C(NCc1ccccc1CS(=O)(=O)NC(C)C)N(C)Cc1ccc(C)cc1.I. The van der Waals surface area contributed by atoms with E-state index >= 15 is 0 Å². The molecular formula is C22H33IN4O2S. The van der Waals surface area contributed by atoms with E-state index in [0.29, 0.717) is 6.54 Å². The first-order valence-electron chi connectivity index (χ1n) is 9.74. The summed E-state index contributed by atoms with van der Waals surface area (Å²) in [5, 5.41) is 3.34. The van der Waals surface area contributed by atoms with Gasteiger partial charge in [-0.3, -0.25) is 4.99 Å². The summed E-state index contributed by atoms with van der Waals surface area (Å²) < 4.78 is 27.3. The molecule has 0 heterocycles. The fourth-order valence-corrected chi connectivity index (χ4v) is 4.57. The zero-order chi connectivity index (χ0) is 21.4. The van der Waals surface area contributed by atoms with Gasteiger partial charge in [0.25, 0.3) is 0 Å². The summed E-state index contributed by atoms with van der Waals surface area (Å²) in [4.78, 5) is 6.41. The molecule has 0 atom stereocenters. The topological polar surface area (TPSA) is 73.8 Å². The highest BCUT2D eigenvalue weighted by molar-refractivity contribution is 14.0. The highest BCUT2D eigenvalue weighted by Crippen LogP contribution is 2.13. The Kier molecular flexibility index (Phi) is 10.8. The average Bonchev–Trinajstić information content (AvgIpc) is 2.64. The van der Waals surface area contributed by atoms with Gasteiger partial charge in [0.15, 0.2) is 5.96 Å². The fourth-order valence-electron chi connectivity index (χ4n) is 3.08. The molecule has 166 valence electrons. The maximum Gasteiger partial charge on any atom is 0.216 e. The van der Waals surface area contributed by atoms with Crippen LogP contribution in [0.15, 0.2) is 53.5 Å². The van der Waals surface area contributed by atoms with Gasteiger partial charge in [-0.25, -0.2) is 13.1 Å². The lowest BCUT2D eigenvalue weighted by atomic mass is 10.1. The van der Waals surface area contributed by atoms with Crippen molar-refractivity contribution in [1.82, 2.24) is 14.9 Å². The first kappa shape index (κ1) is 26.4. The monoisotopic (exact) mass is 544 g/mol. The largest absolute Gasteiger partial charge is 0.352 e. The Bertz CT molecular complexity index is 928. The summed E-state index contributed by atoms with van der Waals surface area (Å²) in [5.41, 5.74) is 4.15. The molecule has 0 saturated carbocycles. The number of halogens is 1. The lowest BCUT2D eigenvalue weighted by molar-refractivity contribution is 0.476. The second kappa shape index (κ2) is 12.3. The van der Waals surface area contributed by atoms with Crippen LogP contribution < -0.4 is 10.0 Å². The minimum Gasteiger partial charge on any atom is -0.352 e. The average molecular weight is 545 g/mol. The zero-order valence-electron chi connectivity index (χ0n) is 18.3. The fraction of sp³-hybridized carbons (Fsp3) is 0.409. The Hall–Kier alpha value is -1.65. The van der Waals surface area contributed by atoms with Crippen LogP contribution in [0.25, 0.3) is 0 Å². The van der Waals surface area contributed by atoms with Gasteiger partial charge in [0.1, 0.15) is 0 Å². The molecule has 2 N–H and O–H groups in total. The van der Waals surface area contributed by atoms with Crippen LogP contribution in [0.5, 0.6) is 0 Å². The molecular weight excluding hydrogens is 511 g/mol. The summed E-state index contributed by atoms with van der Waals surface area (Å²) in [6.07, 6.45) is 0. The van der Waals surface area contributed by atoms with Gasteiger partial charge in [-0.2, -0.15) is 0 Å². The zero-order valence-corrected chi connectivity index (χ0v) is 21.5. The molecule has 2 rings (SSSR count). The van der Waals surface area contributed by atoms with Crippen molar-refractivity contribution in [2.75, 3.05) is 14.1 Å². The maximum absolute atomic E-state index is 12.3. The Balaban J connectivity index is 0.00000450. The van der Waals surface area contributed by atoms with Crippen molar-refractivity contribution in [2.24, 2.45) is 4.99 Å². The van der Waals surface area contributed by atoms with E-state index in [1.54, 1.807) is 7.05 Å². The van der Waals surface area contributed by atoms with Crippen LogP contribution in [-0.2, 0) is 28.9 Å². The molecule has 0 aliphatic carbocycles. The van der Waals surface area contributed by atoms with Crippen LogP contribution in [0.2, 0.25) is 0 Å². The number of guanidine groups is 1. The Labute approximate surface area is 198 Å². The summed E-state index contributed by atoms with van der Waals surface area (Å²) >= 11 is 0. The van der Waals surface area contributed by atoms with E-state index in [2.05, 4.69) is 46.2 Å². The van der Waals surface area contributed by atoms with Gasteiger partial charge in [-0.05, 0) is 37.5 Å². The van der Waals surface area contributed by atoms with E-state index in [1.807, 2.05) is 50.1 Å². The standard InChI is InChI=1S/C22H32N4O2S.HI/c1-17(2)25-29(27,28)16-21-9-7-6-8-20(21)14-24-22(23-4)26(5)15-19-12-10-18(3)11-13-19;/h6-13,17,25H,14-16H2,1-5H3,(H,23,24);1H. The maximum atomic E-state index is 12.3. The molecule has 0 spiro atoms. The van der Waals surface area contributed by atoms with E-state index < -0.39 is 10.0 Å². The number of rotatable bonds is 8. The molecule has 2 aromatic carbocycles. The molecule has 0 amide bonds. The van der Waals surface area contributed by atoms with Crippen LogP contribution >= 0.6 is 24.0 Å². The first-order chi connectivity index (χ1) is 13.7. The summed E-state index contributed by atoms with van der Waals surface area (Å²) in [5.74, 6) is 0.712. The van der Waals surface area contributed by atoms with Crippen molar-refractivity contribution < 1.29 is 8.42 Å². The normalized spacial score (nSPS) is 11.9. The third-order valence-electron chi connectivity index (χ3n) is 4.43. The van der Waals surface area contributed by atoms with Crippen LogP contribution in [0.4, 0.5) is 0 Å². The van der Waals surface area contributed by atoms with Crippen molar-refractivity contribution in [1.29, 1.82) is 0 Å². The number of sulfonamides is 1. The van der Waals surface area contributed by atoms with Crippen molar-refractivity contribution in [3.8, 4) is 0 Å². The van der Waals surface area contributed by atoms with E-state index in [0.717, 1.165) is 23.6 Å². The van der Waals surface area contributed by atoms with E-state index in [1.165, 1.54) is 11.1 Å². The summed E-state index contributed by atoms with van der Waals surface area (Å²) in [6, 6.07) is 15.9. The van der Waals surface area contributed by atoms with E-state index in [9.17, 15) is 8.42 Å². The van der Waals surface area contributed by atoms with Crippen LogP contribution in [0, 0.1) is 6.92 Å². The van der Waals surface area contributed by atoms with E-state index in [-0.39, 0.29) is 35.8 Å². The lowest BCUT2D eigenvalue weighted by Crippen LogP contribution is -2.38. The number of benzene rings is 2. The smallest absolute Gasteiger partial charge is 0.216 e. The summed E-state index contributed by atoms with van der Waals surface area (Å²) in [7, 11) is 0.352. The molecule has 8 heteroatoms. The number of nitrogens with zero attached hydrogens (tertiary/aromatic N) is 2. The molecule has 0 aromatic heterocycles. The predicted molar refractivity (Wildman–Crippen MR) is 136 cm³/mol. The lowest BCUT2D eigenvalue weighted by Gasteiger charge is -2.23. The van der Waals surface area contributed by atoms with E-state index in [4.69, 9.17) is 0 Å². The molecule has 30 heavy (non-hydrogen) atoms. The van der Waals surface area contributed by atoms with Gasteiger partial charge in [-0.15, -0.1) is 24.0 Å². The van der Waals surface area contributed by atoms with Gasteiger partial charge in [0, 0.05) is 33.2 Å². The second-order valence-corrected chi connectivity index (χ2v) is 9.30. The van der Waals surface area contributed by atoms with Crippen molar-refractivity contribution in [2.45, 2.75) is 45.7 Å². The third kappa shape index (κ3) is 8.61.